The van der Waals surface area contributed by atoms with Crippen LogP contribution in [0, 0.1) is 0 Å². The minimum Gasteiger partial charge on any atom is -0.357 e. The smallest absolute Gasteiger partial charge is 0.183 e. The van der Waals surface area contributed by atoms with E-state index < -0.39 is 0 Å². The van der Waals surface area contributed by atoms with Crippen molar-refractivity contribution in [2.24, 2.45) is 5.73 Å². The number of nitrogens with one attached hydrogen (secondary N) is 1. The van der Waals surface area contributed by atoms with E-state index in [9.17, 15) is 0 Å². The first-order chi connectivity index (χ1) is 5.51. The lowest BCUT2D eigenvalue weighted by molar-refractivity contribution is 0.633. The van der Waals surface area contributed by atoms with E-state index in [1.165, 1.54) is 0 Å². The molecule has 68 valence electrons. The predicted octanol–water partition coefficient (Wildman–Crippen LogP) is 1.81. The van der Waals surface area contributed by atoms with E-state index in [4.69, 9.17) is 5.73 Å². The highest BCUT2D eigenvalue weighted by molar-refractivity contribution is 7.13. The Kier molecular flexibility index (Phi) is 2.69. The molecule has 0 aliphatic rings. The zero-order chi connectivity index (χ0) is 9.19. The van der Waals surface area contributed by atoms with Crippen LogP contribution in [0.4, 0.5) is 5.13 Å². The molecule has 1 aromatic rings. The Bertz CT molecular complexity index is 249. The molecule has 3 N–H and O–H groups in total. The minimum absolute atomic E-state index is 0.0731. The number of nitrogens with two attached hydrogens (primary N) is 1. The van der Waals surface area contributed by atoms with Gasteiger partial charge in [0, 0.05) is 17.5 Å². The van der Waals surface area contributed by atoms with Crippen LogP contribution in [0.5, 0.6) is 0 Å². The van der Waals surface area contributed by atoms with Crippen LogP contribution in [-0.4, -0.2) is 10.5 Å². The number of hydrogen-bond donors (Lipinski definition) is 2. The zero-order valence-corrected chi connectivity index (χ0v) is 8.53. The van der Waals surface area contributed by atoms with Gasteiger partial charge in [0.25, 0.3) is 0 Å². The summed E-state index contributed by atoms with van der Waals surface area (Å²) in [5.41, 5.74) is 6.47. The first-order valence-corrected chi connectivity index (χ1v) is 4.82. The van der Waals surface area contributed by atoms with Gasteiger partial charge in [-0.05, 0) is 20.8 Å². The van der Waals surface area contributed by atoms with Crippen molar-refractivity contribution >= 4 is 16.5 Å². The summed E-state index contributed by atoms with van der Waals surface area (Å²) in [5.74, 6) is 0. The van der Waals surface area contributed by atoms with Crippen molar-refractivity contribution in [3.8, 4) is 0 Å². The van der Waals surface area contributed by atoms with E-state index in [1.54, 1.807) is 11.3 Å². The van der Waals surface area contributed by atoms with E-state index in [0.717, 1.165) is 10.8 Å². The molecule has 3 nitrogen and oxygen atoms in total. The summed E-state index contributed by atoms with van der Waals surface area (Å²) in [5, 5.41) is 6.22. The number of nitrogens with zero attached hydrogens (tertiary/aromatic N) is 1. The van der Waals surface area contributed by atoms with Crippen LogP contribution >= 0.6 is 11.3 Å². The van der Waals surface area contributed by atoms with Gasteiger partial charge < -0.3 is 11.1 Å². The Hall–Kier alpha value is -0.610. The Morgan fingerprint density at radius 3 is 2.67 bits per heavy atom. The molecule has 0 fully saturated rings. The normalized spacial score (nSPS) is 11.7. The first-order valence-electron chi connectivity index (χ1n) is 3.94. The van der Waals surface area contributed by atoms with Crippen molar-refractivity contribution < 1.29 is 0 Å². The van der Waals surface area contributed by atoms with Gasteiger partial charge in [-0.3, -0.25) is 0 Å². The van der Waals surface area contributed by atoms with Crippen LogP contribution in [0.1, 0.15) is 26.5 Å². The molecule has 0 spiro atoms. The van der Waals surface area contributed by atoms with Crippen molar-refractivity contribution in [3.63, 3.8) is 0 Å². The molecule has 0 saturated heterocycles. The summed E-state index contributed by atoms with van der Waals surface area (Å²) in [7, 11) is 0. The zero-order valence-electron chi connectivity index (χ0n) is 7.72. The molecular formula is C8H15N3S. The van der Waals surface area contributed by atoms with Crippen molar-refractivity contribution in [3.05, 3.63) is 11.1 Å². The fraction of sp³-hybridized carbons (Fsp3) is 0.625. The Labute approximate surface area is 77.0 Å². The summed E-state index contributed by atoms with van der Waals surface area (Å²) >= 11 is 1.60. The molecule has 0 aliphatic heterocycles. The summed E-state index contributed by atoms with van der Waals surface area (Å²) < 4.78 is 0. The average Bonchev–Trinajstić information content (AvgIpc) is 2.32. The third-order valence-corrected chi connectivity index (χ3v) is 2.05. The van der Waals surface area contributed by atoms with Gasteiger partial charge in [-0.1, -0.05) is 0 Å². The Morgan fingerprint density at radius 1 is 1.58 bits per heavy atom. The van der Waals surface area contributed by atoms with Crippen molar-refractivity contribution in [1.82, 2.24) is 4.98 Å². The third kappa shape index (κ3) is 2.79. The summed E-state index contributed by atoms with van der Waals surface area (Å²) in [6, 6.07) is 0. The Balaban J connectivity index is 2.64. The first kappa shape index (κ1) is 9.48. The van der Waals surface area contributed by atoms with Crippen LogP contribution in [0.2, 0.25) is 0 Å². The van der Waals surface area contributed by atoms with Crippen LogP contribution < -0.4 is 11.1 Å². The van der Waals surface area contributed by atoms with Crippen molar-refractivity contribution in [1.29, 1.82) is 0 Å². The van der Waals surface area contributed by atoms with Crippen LogP contribution in [0.25, 0.3) is 0 Å². The van der Waals surface area contributed by atoms with Gasteiger partial charge >= 0.3 is 0 Å². The molecular weight excluding hydrogens is 170 g/mol. The van der Waals surface area contributed by atoms with E-state index in [-0.39, 0.29) is 5.54 Å². The summed E-state index contributed by atoms with van der Waals surface area (Å²) in [6.45, 7) is 6.84. The molecule has 0 radical (unpaired) electrons. The maximum atomic E-state index is 5.44. The van der Waals surface area contributed by atoms with Crippen LogP contribution in [0.15, 0.2) is 5.38 Å². The lowest BCUT2D eigenvalue weighted by Gasteiger charge is -2.19. The van der Waals surface area contributed by atoms with Gasteiger partial charge in [-0.2, -0.15) is 0 Å². The van der Waals surface area contributed by atoms with Crippen molar-refractivity contribution in [2.75, 3.05) is 5.32 Å². The number of rotatable bonds is 2. The average molecular weight is 185 g/mol. The molecule has 4 heteroatoms. The Morgan fingerprint density at radius 2 is 2.25 bits per heavy atom. The second-order valence-corrected chi connectivity index (χ2v) is 4.58. The topological polar surface area (TPSA) is 50.9 Å². The van der Waals surface area contributed by atoms with Crippen LogP contribution in [0.3, 0.4) is 0 Å². The van der Waals surface area contributed by atoms with Crippen molar-refractivity contribution in [2.45, 2.75) is 32.9 Å². The predicted molar refractivity (Wildman–Crippen MR) is 53.4 cm³/mol. The fourth-order valence-electron chi connectivity index (χ4n) is 0.779. The molecule has 1 heterocycles. The maximum Gasteiger partial charge on any atom is 0.183 e. The molecule has 0 amide bonds. The van der Waals surface area contributed by atoms with E-state index in [1.807, 2.05) is 5.38 Å². The minimum atomic E-state index is 0.0731. The highest BCUT2D eigenvalue weighted by atomic mass is 32.1. The maximum absolute atomic E-state index is 5.44. The molecule has 1 rings (SSSR count). The quantitative estimate of drug-likeness (QED) is 0.739. The van der Waals surface area contributed by atoms with Gasteiger partial charge in [0.2, 0.25) is 0 Å². The molecule has 0 atom stereocenters. The second kappa shape index (κ2) is 3.41. The number of hydrogen-bond acceptors (Lipinski definition) is 4. The number of anilines is 1. The third-order valence-electron chi connectivity index (χ3n) is 1.24. The van der Waals surface area contributed by atoms with Gasteiger partial charge in [0.05, 0.1) is 5.69 Å². The summed E-state index contributed by atoms with van der Waals surface area (Å²) in [4.78, 5) is 4.30. The van der Waals surface area contributed by atoms with Gasteiger partial charge in [0.1, 0.15) is 0 Å². The van der Waals surface area contributed by atoms with Gasteiger partial charge in [0.15, 0.2) is 5.13 Å². The fourth-order valence-corrected chi connectivity index (χ4v) is 1.71. The van der Waals surface area contributed by atoms with E-state index in [2.05, 4.69) is 31.1 Å². The molecule has 0 saturated carbocycles. The monoisotopic (exact) mass is 185 g/mol. The lowest BCUT2D eigenvalue weighted by Crippen LogP contribution is -2.25. The largest absolute Gasteiger partial charge is 0.357 e. The second-order valence-electron chi connectivity index (χ2n) is 3.72. The van der Waals surface area contributed by atoms with Crippen LogP contribution in [-0.2, 0) is 6.54 Å². The van der Waals surface area contributed by atoms with Gasteiger partial charge in [-0.15, -0.1) is 11.3 Å². The number of aromatic nitrogens is 1. The standard InChI is InChI=1S/C8H15N3S/c1-8(2,3)11-7-10-6(4-9)5-12-7/h5H,4,9H2,1-3H3,(H,10,11). The molecule has 0 aromatic carbocycles. The van der Waals surface area contributed by atoms with E-state index in [0.29, 0.717) is 6.54 Å². The SMILES string of the molecule is CC(C)(C)Nc1nc(CN)cs1. The summed E-state index contributed by atoms with van der Waals surface area (Å²) in [6.07, 6.45) is 0. The molecule has 1 aromatic heterocycles. The molecule has 12 heavy (non-hydrogen) atoms. The molecule has 0 unspecified atom stereocenters. The molecule has 0 bridgehead atoms. The number of thiazole rings is 1. The molecule has 0 aliphatic carbocycles. The highest BCUT2D eigenvalue weighted by Gasteiger charge is 2.11. The lowest BCUT2D eigenvalue weighted by atomic mass is 10.1. The highest BCUT2D eigenvalue weighted by Crippen LogP contribution is 2.19. The van der Waals surface area contributed by atoms with Gasteiger partial charge in [-0.25, -0.2) is 4.98 Å². The van der Waals surface area contributed by atoms with E-state index >= 15 is 0 Å².